The summed E-state index contributed by atoms with van der Waals surface area (Å²) in [6.07, 6.45) is 0. The Hall–Kier alpha value is -2.65. The Kier molecular flexibility index (Phi) is 6.50. The average Bonchev–Trinajstić information content (AvgIpc) is 2.87. The van der Waals surface area contributed by atoms with Crippen molar-refractivity contribution in [2.75, 3.05) is 98.3 Å². The zero-order valence-corrected chi connectivity index (χ0v) is 19.7. The van der Waals surface area contributed by atoms with Crippen molar-refractivity contribution in [2.45, 2.75) is 13.8 Å². The standard InChI is InChI=1S/C24H34FN7O/c1-18-4-3-5-20(19(18)2)29-10-12-32(13-11-29)24-27-22(30-8-6-26-7-9-30)21(25)23(28-24)31-14-16-33-17-15-31/h3-5,26H,6-17H2,1-2H3. The average molecular weight is 456 g/mol. The number of benzene rings is 1. The van der Waals surface area contributed by atoms with Crippen LogP contribution in [0.25, 0.3) is 0 Å². The van der Waals surface area contributed by atoms with Crippen molar-refractivity contribution in [1.29, 1.82) is 0 Å². The van der Waals surface area contributed by atoms with Gasteiger partial charge >= 0.3 is 0 Å². The summed E-state index contributed by atoms with van der Waals surface area (Å²) in [6.45, 7) is 13.4. The van der Waals surface area contributed by atoms with Gasteiger partial charge in [0, 0.05) is 71.1 Å². The summed E-state index contributed by atoms with van der Waals surface area (Å²) < 4.78 is 21.1. The number of rotatable bonds is 4. The van der Waals surface area contributed by atoms with Gasteiger partial charge in [-0.3, -0.25) is 0 Å². The molecule has 9 heteroatoms. The predicted octanol–water partition coefficient (Wildman–Crippen LogP) is 1.81. The van der Waals surface area contributed by atoms with Crippen LogP contribution in [-0.2, 0) is 4.74 Å². The van der Waals surface area contributed by atoms with Crippen LogP contribution in [-0.4, -0.2) is 88.6 Å². The molecule has 1 aromatic carbocycles. The molecule has 0 saturated carbocycles. The minimum Gasteiger partial charge on any atom is -0.378 e. The highest BCUT2D eigenvalue weighted by molar-refractivity contribution is 5.60. The van der Waals surface area contributed by atoms with Crippen LogP contribution in [0.2, 0.25) is 0 Å². The number of nitrogens with one attached hydrogen (secondary N) is 1. The number of halogens is 1. The van der Waals surface area contributed by atoms with Gasteiger partial charge in [0.15, 0.2) is 11.6 Å². The monoisotopic (exact) mass is 455 g/mol. The molecule has 8 nitrogen and oxygen atoms in total. The molecule has 0 spiro atoms. The number of aryl methyl sites for hydroxylation is 1. The second-order valence-electron chi connectivity index (χ2n) is 9.01. The smallest absolute Gasteiger partial charge is 0.229 e. The molecule has 0 radical (unpaired) electrons. The van der Waals surface area contributed by atoms with Gasteiger partial charge in [0.2, 0.25) is 11.8 Å². The number of hydrogen-bond acceptors (Lipinski definition) is 8. The zero-order valence-electron chi connectivity index (χ0n) is 19.7. The van der Waals surface area contributed by atoms with E-state index in [1.54, 1.807) is 0 Å². The van der Waals surface area contributed by atoms with E-state index < -0.39 is 0 Å². The molecule has 0 bridgehead atoms. The molecule has 0 unspecified atom stereocenters. The second-order valence-corrected chi connectivity index (χ2v) is 9.01. The Bertz CT molecular complexity index is 928. The SMILES string of the molecule is Cc1cccc(N2CCN(c3nc(N4CCNCC4)c(F)c(N4CCOCC4)n3)CC2)c1C. The van der Waals surface area contributed by atoms with Crippen molar-refractivity contribution in [1.82, 2.24) is 15.3 Å². The zero-order chi connectivity index (χ0) is 22.8. The first-order chi connectivity index (χ1) is 16.1. The summed E-state index contributed by atoms with van der Waals surface area (Å²) >= 11 is 0. The Balaban J connectivity index is 1.40. The third-order valence-corrected chi connectivity index (χ3v) is 7.01. The van der Waals surface area contributed by atoms with E-state index >= 15 is 4.39 Å². The highest BCUT2D eigenvalue weighted by Crippen LogP contribution is 2.30. The molecular weight excluding hydrogens is 421 g/mol. The molecule has 5 rings (SSSR count). The lowest BCUT2D eigenvalue weighted by atomic mass is 10.1. The molecule has 1 aromatic heterocycles. The van der Waals surface area contributed by atoms with E-state index in [1.807, 2.05) is 9.80 Å². The van der Waals surface area contributed by atoms with Crippen molar-refractivity contribution in [3.05, 3.63) is 35.1 Å². The molecule has 0 aliphatic carbocycles. The van der Waals surface area contributed by atoms with Gasteiger partial charge in [0.1, 0.15) is 0 Å². The molecule has 4 heterocycles. The van der Waals surface area contributed by atoms with Gasteiger partial charge in [-0.1, -0.05) is 12.1 Å². The molecule has 178 valence electrons. The highest BCUT2D eigenvalue weighted by Gasteiger charge is 2.28. The van der Waals surface area contributed by atoms with E-state index in [0.29, 0.717) is 43.9 Å². The van der Waals surface area contributed by atoms with E-state index in [0.717, 1.165) is 52.4 Å². The molecule has 3 aliphatic heterocycles. The third kappa shape index (κ3) is 4.56. The Labute approximate surface area is 195 Å². The largest absolute Gasteiger partial charge is 0.378 e. The first kappa shape index (κ1) is 22.2. The van der Waals surface area contributed by atoms with Crippen LogP contribution >= 0.6 is 0 Å². The van der Waals surface area contributed by atoms with Gasteiger partial charge in [0.05, 0.1) is 13.2 Å². The summed E-state index contributed by atoms with van der Waals surface area (Å²) in [5.74, 6) is 1.16. The molecule has 0 amide bonds. The molecule has 3 aliphatic rings. The maximum absolute atomic E-state index is 15.7. The van der Waals surface area contributed by atoms with Crippen molar-refractivity contribution >= 4 is 23.3 Å². The third-order valence-electron chi connectivity index (χ3n) is 7.01. The van der Waals surface area contributed by atoms with E-state index in [-0.39, 0.29) is 5.82 Å². The van der Waals surface area contributed by atoms with Crippen LogP contribution < -0.4 is 24.9 Å². The lowest BCUT2D eigenvalue weighted by molar-refractivity contribution is 0.122. The van der Waals surface area contributed by atoms with Crippen molar-refractivity contribution in [3.63, 3.8) is 0 Å². The second kappa shape index (κ2) is 9.69. The van der Waals surface area contributed by atoms with E-state index in [2.05, 4.69) is 47.2 Å². The number of piperazine rings is 2. The summed E-state index contributed by atoms with van der Waals surface area (Å²) in [5, 5.41) is 3.34. The number of aromatic nitrogens is 2. The maximum atomic E-state index is 15.7. The molecule has 33 heavy (non-hydrogen) atoms. The Morgan fingerprint density at radius 2 is 1.39 bits per heavy atom. The van der Waals surface area contributed by atoms with Gasteiger partial charge in [-0.15, -0.1) is 0 Å². The van der Waals surface area contributed by atoms with Crippen LogP contribution in [0.1, 0.15) is 11.1 Å². The molecule has 3 saturated heterocycles. The fourth-order valence-corrected chi connectivity index (χ4v) is 4.85. The quantitative estimate of drug-likeness (QED) is 0.749. The van der Waals surface area contributed by atoms with E-state index in [9.17, 15) is 0 Å². The molecular formula is C24H34FN7O. The van der Waals surface area contributed by atoms with Crippen LogP contribution in [0, 0.1) is 19.7 Å². The maximum Gasteiger partial charge on any atom is 0.229 e. The summed E-state index contributed by atoms with van der Waals surface area (Å²) in [7, 11) is 0. The first-order valence-corrected chi connectivity index (χ1v) is 12.0. The van der Waals surface area contributed by atoms with Crippen molar-refractivity contribution < 1.29 is 9.13 Å². The topological polar surface area (TPSA) is 60.0 Å². The minimum atomic E-state index is -0.309. The Morgan fingerprint density at radius 1 is 0.788 bits per heavy atom. The van der Waals surface area contributed by atoms with Gasteiger partial charge in [-0.25, -0.2) is 0 Å². The number of morpholine rings is 1. The number of hydrogen-bond donors (Lipinski definition) is 1. The van der Waals surface area contributed by atoms with E-state index in [4.69, 9.17) is 14.7 Å². The normalized spacial score (nSPS) is 19.8. The lowest BCUT2D eigenvalue weighted by Gasteiger charge is -2.38. The fraction of sp³-hybridized carbons (Fsp3) is 0.583. The number of anilines is 4. The van der Waals surface area contributed by atoms with Gasteiger partial charge in [-0.05, 0) is 31.0 Å². The Morgan fingerprint density at radius 3 is 2.06 bits per heavy atom. The predicted molar refractivity (Wildman–Crippen MR) is 130 cm³/mol. The first-order valence-electron chi connectivity index (χ1n) is 12.0. The van der Waals surface area contributed by atoms with Gasteiger partial charge in [-0.2, -0.15) is 14.4 Å². The molecule has 1 N–H and O–H groups in total. The number of nitrogens with zero attached hydrogens (tertiary/aromatic N) is 6. The van der Waals surface area contributed by atoms with Gasteiger partial charge in [0.25, 0.3) is 0 Å². The highest BCUT2D eigenvalue weighted by atomic mass is 19.1. The number of ether oxygens (including phenoxy) is 1. The van der Waals surface area contributed by atoms with E-state index in [1.165, 1.54) is 16.8 Å². The van der Waals surface area contributed by atoms with Gasteiger partial charge < -0.3 is 29.7 Å². The van der Waals surface area contributed by atoms with Crippen LogP contribution in [0.3, 0.4) is 0 Å². The van der Waals surface area contributed by atoms with Crippen LogP contribution in [0.5, 0.6) is 0 Å². The molecule has 2 aromatic rings. The molecule has 0 atom stereocenters. The van der Waals surface area contributed by atoms with Crippen LogP contribution in [0.15, 0.2) is 18.2 Å². The van der Waals surface area contributed by atoms with Crippen molar-refractivity contribution in [3.8, 4) is 0 Å². The fourth-order valence-electron chi connectivity index (χ4n) is 4.85. The molecule has 3 fully saturated rings. The summed E-state index contributed by atoms with van der Waals surface area (Å²) in [6, 6.07) is 6.49. The summed E-state index contributed by atoms with van der Waals surface area (Å²) in [4.78, 5) is 18.2. The van der Waals surface area contributed by atoms with Crippen LogP contribution in [0.4, 0.5) is 27.7 Å². The summed E-state index contributed by atoms with van der Waals surface area (Å²) in [5.41, 5.74) is 3.94. The van der Waals surface area contributed by atoms with Crippen molar-refractivity contribution in [2.24, 2.45) is 0 Å². The lowest BCUT2D eigenvalue weighted by Crippen LogP contribution is -2.48. The minimum absolute atomic E-state index is 0.309.